The van der Waals surface area contributed by atoms with Crippen molar-refractivity contribution in [3.63, 3.8) is 0 Å². The number of methoxy groups -OCH3 is 1. The van der Waals surface area contributed by atoms with Crippen molar-refractivity contribution in [2.45, 2.75) is 13.8 Å². The van der Waals surface area contributed by atoms with Gasteiger partial charge in [-0.25, -0.2) is 0 Å². The molecule has 0 aromatic heterocycles. The average Bonchev–Trinajstić information content (AvgIpc) is 2.44. The quantitative estimate of drug-likeness (QED) is 0.792. The summed E-state index contributed by atoms with van der Waals surface area (Å²) in [6.07, 6.45) is 0. The lowest BCUT2D eigenvalue weighted by Gasteiger charge is -2.09. The number of rotatable bonds is 5. The molecule has 0 aliphatic carbocycles. The van der Waals surface area contributed by atoms with E-state index in [9.17, 15) is 14.4 Å². The molecule has 2 amide bonds. The first-order valence-electron chi connectivity index (χ1n) is 6.20. The molecule has 1 aromatic rings. The van der Waals surface area contributed by atoms with Gasteiger partial charge >= 0.3 is 5.97 Å². The summed E-state index contributed by atoms with van der Waals surface area (Å²) in [7, 11) is 1.25. The van der Waals surface area contributed by atoms with E-state index in [4.69, 9.17) is 0 Å². The number of ether oxygens (including phenoxy) is 1. The Hall–Kier alpha value is -2.37. The number of carbonyl (C=O) groups is 3. The van der Waals surface area contributed by atoms with E-state index in [1.54, 1.807) is 38.1 Å². The first-order valence-corrected chi connectivity index (χ1v) is 6.20. The molecule has 2 N–H and O–H groups in total. The normalized spacial score (nSPS) is 10.0. The van der Waals surface area contributed by atoms with Gasteiger partial charge in [-0.1, -0.05) is 19.9 Å². The van der Waals surface area contributed by atoms with Crippen LogP contribution in [0.1, 0.15) is 24.2 Å². The van der Waals surface area contributed by atoms with Gasteiger partial charge in [0.1, 0.15) is 6.54 Å². The molecule has 20 heavy (non-hydrogen) atoms. The third-order valence-corrected chi connectivity index (χ3v) is 2.54. The van der Waals surface area contributed by atoms with Crippen molar-refractivity contribution in [3.8, 4) is 0 Å². The Kier molecular flexibility index (Phi) is 5.71. The predicted molar refractivity (Wildman–Crippen MR) is 74.3 cm³/mol. The predicted octanol–water partition coefficient (Wildman–Crippen LogP) is 1.18. The lowest BCUT2D eigenvalue weighted by molar-refractivity contribution is -0.139. The average molecular weight is 278 g/mol. The molecular formula is C14H18N2O4. The van der Waals surface area contributed by atoms with Crippen molar-refractivity contribution in [3.05, 3.63) is 29.8 Å². The minimum absolute atomic E-state index is 0.128. The SMILES string of the molecule is COC(=O)CNC(=O)c1cccc(NC(=O)C(C)C)c1. The molecule has 0 fully saturated rings. The van der Waals surface area contributed by atoms with E-state index in [0.29, 0.717) is 11.3 Å². The molecule has 0 aliphatic heterocycles. The number of hydrogen-bond acceptors (Lipinski definition) is 4. The fourth-order valence-electron chi connectivity index (χ4n) is 1.35. The number of anilines is 1. The van der Waals surface area contributed by atoms with E-state index in [0.717, 1.165) is 0 Å². The highest BCUT2D eigenvalue weighted by atomic mass is 16.5. The van der Waals surface area contributed by atoms with Gasteiger partial charge in [0.25, 0.3) is 5.91 Å². The number of carbonyl (C=O) groups excluding carboxylic acids is 3. The molecule has 6 nitrogen and oxygen atoms in total. The number of amides is 2. The summed E-state index contributed by atoms with van der Waals surface area (Å²) < 4.78 is 4.43. The van der Waals surface area contributed by atoms with Crippen LogP contribution in [-0.4, -0.2) is 31.4 Å². The fourth-order valence-corrected chi connectivity index (χ4v) is 1.35. The monoisotopic (exact) mass is 278 g/mol. The summed E-state index contributed by atoms with van der Waals surface area (Å²) in [6.45, 7) is 3.36. The number of benzene rings is 1. The summed E-state index contributed by atoms with van der Waals surface area (Å²) >= 11 is 0. The maximum Gasteiger partial charge on any atom is 0.325 e. The van der Waals surface area contributed by atoms with Crippen LogP contribution >= 0.6 is 0 Å². The zero-order valence-corrected chi connectivity index (χ0v) is 11.7. The highest BCUT2D eigenvalue weighted by molar-refractivity contribution is 5.98. The molecule has 0 radical (unpaired) electrons. The topological polar surface area (TPSA) is 84.5 Å². The summed E-state index contributed by atoms with van der Waals surface area (Å²) in [5.41, 5.74) is 0.893. The standard InChI is InChI=1S/C14H18N2O4/c1-9(2)13(18)16-11-6-4-5-10(7-11)14(19)15-8-12(17)20-3/h4-7,9H,8H2,1-3H3,(H,15,19)(H,16,18). The summed E-state index contributed by atoms with van der Waals surface area (Å²) in [6, 6.07) is 6.49. The van der Waals surface area contributed by atoms with Crippen molar-refractivity contribution in [2.75, 3.05) is 19.0 Å². The Morgan fingerprint density at radius 3 is 2.55 bits per heavy atom. The first-order chi connectivity index (χ1) is 9.43. The van der Waals surface area contributed by atoms with Crippen LogP contribution in [0.25, 0.3) is 0 Å². The van der Waals surface area contributed by atoms with Crippen LogP contribution in [0.3, 0.4) is 0 Å². The molecule has 0 spiro atoms. The largest absolute Gasteiger partial charge is 0.468 e. The second-order valence-electron chi connectivity index (χ2n) is 4.48. The van der Waals surface area contributed by atoms with Gasteiger partial charge in [0, 0.05) is 17.2 Å². The van der Waals surface area contributed by atoms with Gasteiger partial charge in [-0.3, -0.25) is 14.4 Å². The summed E-state index contributed by atoms with van der Waals surface area (Å²) in [4.78, 5) is 34.3. The summed E-state index contributed by atoms with van der Waals surface area (Å²) in [5, 5.41) is 5.13. The number of hydrogen-bond donors (Lipinski definition) is 2. The third-order valence-electron chi connectivity index (χ3n) is 2.54. The Morgan fingerprint density at radius 1 is 1.25 bits per heavy atom. The minimum atomic E-state index is -0.525. The maximum absolute atomic E-state index is 11.8. The second-order valence-corrected chi connectivity index (χ2v) is 4.48. The van der Waals surface area contributed by atoms with Crippen molar-refractivity contribution in [1.29, 1.82) is 0 Å². The minimum Gasteiger partial charge on any atom is -0.468 e. The van der Waals surface area contributed by atoms with E-state index in [-0.39, 0.29) is 18.4 Å². The molecule has 0 bridgehead atoms. The molecule has 0 aliphatic rings. The Labute approximate surface area is 117 Å². The zero-order valence-electron chi connectivity index (χ0n) is 11.7. The molecule has 108 valence electrons. The lowest BCUT2D eigenvalue weighted by Crippen LogP contribution is -2.30. The van der Waals surface area contributed by atoms with Crippen LogP contribution in [0.5, 0.6) is 0 Å². The molecule has 1 rings (SSSR count). The smallest absolute Gasteiger partial charge is 0.325 e. The molecule has 0 saturated carbocycles. The number of esters is 1. The molecule has 1 aromatic carbocycles. The molecule has 0 unspecified atom stereocenters. The van der Waals surface area contributed by atoms with Gasteiger partial charge in [-0.05, 0) is 18.2 Å². The van der Waals surface area contributed by atoms with E-state index in [1.165, 1.54) is 7.11 Å². The van der Waals surface area contributed by atoms with Gasteiger partial charge in [0.2, 0.25) is 5.91 Å². The van der Waals surface area contributed by atoms with Gasteiger partial charge < -0.3 is 15.4 Å². The Bertz CT molecular complexity index is 512. The van der Waals surface area contributed by atoms with Crippen molar-refractivity contribution < 1.29 is 19.1 Å². The van der Waals surface area contributed by atoms with E-state index < -0.39 is 11.9 Å². The van der Waals surface area contributed by atoms with Crippen LogP contribution in [0.15, 0.2) is 24.3 Å². The third kappa shape index (κ3) is 4.72. The van der Waals surface area contributed by atoms with E-state index >= 15 is 0 Å². The van der Waals surface area contributed by atoms with Crippen LogP contribution in [0, 0.1) is 5.92 Å². The fraction of sp³-hybridized carbons (Fsp3) is 0.357. The van der Waals surface area contributed by atoms with E-state index in [1.807, 2.05) is 0 Å². The van der Waals surface area contributed by atoms with Crippen LogP contribution in [0.2, 0.25) is 0 Å². The van der Waals surface area contributed by atoms with E-state index in [2.05, 4.69) is 15.4 Å². The van der Waals surface area contributed by atoms with Gasteiger partial charge in [-0.2, -0.15) is 0 Å². The number of nitrogens with one attached hydrogen (secondary N) is 2. The van der Waals surface area contributed by atoms with Crippen LogP contribution < -0.4 is 10.6 Å². The Balaban J connectivity index is 2.70. The van der Waals surface area contributed by atoms with Crippen molar-refractivity contribution in [1.82, 2.24) is 5.32 Å². The van der Waals surface area contributed by atoms with Gasteiger partial charge in [-0.15, -0.1) is 0 Å². The highest BCUT2D eigenvalue weighted by Crippen LogP contribution is 2.12. The van der Waals surface area contributed by atoms with Gasteiger partial charge in [0.05, 0.1) is 7.11 Å². The van der Waals surface area contributed by atoms with Crippen LogP contribution in [-0.2, 0) is 14.3 Å². The molecule has 0 atom stereocenters. The second kappa shape index (κ2) is 7.28. The molecule has 0 saturated heterocycles. The first kappa shape index (κ1) is 15.7. The molecule has 6 heteroatoms. The Morgan fingerprint density at radius 2 is 1.95 bits per heavy atom. The van der Waals surface area contributed by atoms with Crippen molar-refractivity contribution >= 4 is 23.5 Å². The zero-order chi connectivity index (χ0) is 15.1. The van der Waals surface area contributed by atoms with Crippen LogP contribution in [0.4, 0.5) is 5.69 Å². The van der Waals surface area contributed by atoms with Gasteiger partial charge in [0.15, 0.2) is 0 Å². The molecular weight excluding hydrogens is 260 g/mol. The summed E-state index contributed by atoms with van der Waals surface area (Å²) in [5.74, 6) is -1.21. The van der Waals surface area contributed by atoms with Crippen molar-refractivity contribution in [2.24, 2.45) is 5.92 Å². The highest BCUT2D eigenvalue weighted by Gasteiger charge is 2.11. The maximum atomic E-state index is 11.8. The lowest BCUT2D eigenvalue weighted by atomic mass is 10.1. The molecule has 0 heterocycles.